The highest BCUT2D eigenvalue weighted by Gasteiger charge is 2.31. The zero-order chi connectivity index (χ0) is 10.6. The lowest BCUT2D eigenvalue weighted by molar-refractivity contribution is 0.194. The van der Waals surface area contributed by atoms with Crippen LogP contribution in [-0.4, -0.2) is 36.6 Å². The fourth-order valence-electron chi connectivity index (χ4n) is 3.12. The van der Waals surface area contributed by atoms with Crippen LogP contribution in [0.25, 0.3) is 0 Å². The first-order chi connectivity index (χ1) is 7.35. The molecule has 0 spiro atoms. The van der Waals surface area contributed by atoms with Crippen LogP contribution in [-0.2, 0) is 0 Å². The molecule has 0 aromatic rings. The summed E-state index contributed by atoms with van der Waals surface area (Å²) in [7, 11) is 0. The molecule has 0 aromatic heterocycles. The van der Waals surface area contributed by atoms with Gasteiger partial charge in [0.1, 0.15) is 0 Å². The van der Waals surface area contributed by atoms with Gasteiger partial charge in [0.05, 0.1) is 0 Å². The van der Waals surface area contributed by atoms with Gasteiger partial charge in [-0.2, -0.15) is 0 Å². The molecule has 0 bridgehead atoms. The maximum Gasteiger partial charge on any atom is 0.0191 e. The summed E-state index contributed by atoms with van der Waals surface area (Å²) in [5.41, 5.74) is 0.497. The van der Waals surface area contributed by atoms with Crippen LogP contribution in [0, 0.1) is 0 Å². The Morgan fingerprint density at radius 2 is 1.93 bits per heavy atom. The Morgan fingerprint density at radius 1 is 1.13 bits per heavy atom. The average molecular weight is 210 g/mol. The molecule has 2 saturated heterocycles. The van der Waals surface area contributed by atoms with E-state index in [4.69, 9.17) is 0 Å². The minimum atomic E-state index is 0.497. The summed E-state index contributed by atoms with van der Waals surface area (Å²) in [4.78, 5) is 2.67. The van der Waals surface area contributed by atoms with Crippen molar-refractivity contribution < 1.29 is 0 Å². The van der Waals surface area contributed by atoms with Crippen molar-refractivity contribution >= 4 is 0 Å². The third-order valence-corrected chi connectivity index (χ3v) is 4.36. The zero-order valence-electron chi connectivity index (χ0n) is 10.2. The number of likely N-dealkylation sites (tertiary alicyclic amines) is 1. The smallest absolute Gasteiger partial charge is 0.0191 e. The summed E-state index contributed by atoms with van der Waals surface area (Å²) >= 11 is 0. The zero-order valence-corrected chi connectivity index (χ0v) is 10.2. The van der Waals surface area contributed by atoms with Crippen LogP contribution in [0.15, 0.2) is 0 Å². The molecule has 2 fully saturated rings. The van der Waals surface area contributed by atoms with E-state index < -0.39 is 0 Å². The Morgan fingerprint density at radius 3 is 2.53 bits per heavy atom. The third kappa shape index (κ3) is 2.94. The number of hydrogen-bond acceptors (Lipinski definition) is 2. The predicted octanol–water partition coefficient (Wildman–Crippen LogP) is 2.39. The molecule has 1 N–H and O–H groups in total. The largest absolute Gasteiger partial charge is 0.311 e. The topological polar surface area (TPSA) is 15.3 Å². The van der Waals surface area contributed by atoms with Crippen molar-refractivity contribution in [3.63, 3.8) is 0 Å². The molecule has 0 saturated carbocycles. The second-order valence-electron chi connectivity index (χ2n) is 5.32. The molecule has 2 rings (SSSR count). The van der Waals surface area contributed by atoms with Crippen molar-refractivity contribution in [2.24, 2.45) is 0 Å². The second kappa shape index (κ2) is 5.31. The van der Waals surface area contributed by atoms with Crippen LogP contribution in [0.4, 0.5) is 0 Å². The number of hydrogen-bond donors (Lipinski definition) is 1. The second-order valence-corrected chi connectivity index (χ2v) is 5.32. The van der Waals surface area contributed by atoms with Gasteiger partial charge in [-0.1, -0.05) is 13.3 Å². The van der Waals surface area contributed by atoms with Crippen molar-refractivity contribution in [1.82, 2.24) is 10.2 Å². The molecule has 2 aliphatic heterocycles. The number of nitrogens with one attached hydrogen (secondary N) is 1. The molecular weight excluding hydrogens is 184 g/mol. The predicted molar refractivity (Wildman–Crippen MR) is 65.2 cm³/mol. The van der Waals surface area contributed by atoms with Crippen molar-refractivity contribution in [3.8, 4) is 0 Å². The van der Waals surface area contributed by atoms with Gasteiger partial charge in [-0.3, -0.25) is 0 Å². The number of piperidine rings is 1. The molecule has 2 aliphatic rings. The lowest BCUT2D eigenvalue weighted by atomic mass is 9.90. The van der Waals surface area contributed by atoms with Crippen LogP contribution in [0.2, 0.25) is 0 Å². The summed E-state index contributed by atoms with van der Waals surface area (Å²) in [6.45, 7) is 7.60. The van der Waals surface area contributed by atoms with Crippen molar-refractivity contribution in [2.75, 3.05) is 26.2 Å². The van der Waals surface area contributed by atoms with Crippen molar-refractivity contribution in [1.29, 1.82) is 0 Å². The molecule has 2 heteroatoms. The van der Waals surface area contributed by atoms with Gasteiger partial charge in [0.2, 0.25) is 0 Å². The Balaban J connectivity index is 1.75. The maximum atomic E-state index is 3.73. The van der Waals surface area contributed by atoms with Gasteiger partial charge >= 0.3 is 0 Å². The van der Waals surface area contributed by atoms with E-state index in [9.17, 15) is 0 Å². The lowest BCUT2D eigenvalue weighted by Crippen LogP contribution is -2.43. The molecule has 1 unspecified atom stereocenters. The minimum Gasteiger partial charge on any atom is -0.311 e. The van der Waals surface area contributed by atoms with E-state index in [1.54, 1.807) is 0 Å². The van der Waals surface area contributed by atoms with E-state index >= 15 is 0 Å². The fourth-order valence-corrected chi connectivity index (χ4v) is 3.12. The summed E-state index contributed by atoms with van der Waals surface area (Å²) in [5, 5.41) is 3.73. The molecule has 0 radical (unpaired) electrons. The van der Waals surface area contributed by atoms with E-state index in [-0.39, 0.29) is 0 Å². The Labute approximate surface area is 94.4 Å². The highest BCUT2D eigenvalue weighted by atomic mass is 15.1. The molecule has 2 nitrogen and oxygen atoms in total. The van der Waals surface area contributed by atoms with E-state index in [0.717, 1.165) is 0 Å². The molecule has 2 heterocycles. The Kier molecular flexibility index (Phi) is 4.04. The van der Waals surface area contributed by atoms with E-state index in [2.05, 4.69) is 17.1 Å². The van der Waals surface area contributed by atoms with Gasteiger partial charge in [-0.05, 0) is 64.7 Å². The minimum absolute atomic E-state index is 0.497. The van der Waals surface area contributed by atoms with E-state index in [1.165, 1.54) is 71.1 Å². The monoisotopic (exact) mass is 210 g/mol. The standard InChI is InChI=1S/C13H26N2/c1-2-13(7-6-9-14-13)8-12-15-10-4-3-5-11-15/h14H,2-12H2,1H3. The van der Waals surface area contributed by atoms with Gasteiger partial charge in [0.15, 0.2) is 0 Å². The normalized spacial score (nSPS) is 33.4. The van der Waals surface area contributed by atoms with Crippen LogP contribution in [0.5, 0.6) is 0 Å². The molecule has 1 atom stereocenters. The maximum absolute atomic E-state index is 3.73. The Hall–Kier alpha value is -0.0800. The Bertz CT molecular complexity index is 179. The fraction of sp³-hybridized carbons (Fsp3) is 1.00. The third-order valence-electron chi connectivity index (χ3n) is 4.36. The number of rotatable bonds is 4. The van der Waals surface area contributed by atoms with E-state index in [1.807, 2.05) is 0 Å². The van der Waals surface area contributed by atoms with Crippen molar-refractivity contribution in [3.05, 3.63) is 0 Å². The average Bonchev–Trinajstić information content (AvgIpc) is 2.77. The summed E-state index contributed by atoms with van der Waals surface area (Å²) < 4.78 is 0. The SMILES string of the molecule is CCC1(CCN2CCCCC2)CCCN1. The van der Waals surface area contributed by atoms with Gasteiger partial charge in [-0.15, -0.1) is 0 Å². The summed E-state index contributed by atoms with van der Waals surface area (Å²) in [6, 6.07) is 0. The van der Waals surface area contributed by atoms with Gasteiger partial charge < -0.3 is 10.2 Å². The molecular formula is C13H26N2. The number of nitrogens with zero attached hydrogens (tertiary/aromatic N) is 1. The van der Waals surface area contributed by atoms with Gasteiger partial charge in [-0.25, -0.2) is 0 Å². The van der Waals surface area contributed by atoms with Crippen LogP contribution < -0.4 is 5.32 Å². The first-order valence-electron chi connectivity index (χ1n) is 6.82. The highest BCUT2D eigenvalue weighted by Crippen LogP contribution is 2.27. The summed E-state index contributed by atoms with van der Waals surface area (Å²) in [5.74, 6) is 0. The van der Waals surface area contributed by atoms with Crippen LogP contribution >= 0.6 is 0 Å². The first-order valence-corrected chi connectivity index (χ1v) is 6.82. The van der Waals surface area contributed by atoms with Crippen LogP contribution in [0.3, 0.4) is 0 Å². The van der Waals surface area contributed by atoms with Gasteiger partial charge in [0.25, 0.3) is 0 Å². The molecule has 88 valence electrons. The van der Waals surface area contributed by atoms with E-state index in [0.29, 0.717) is 5.54 Å². The molecule has 15 heavy (non-hydrogen) atoms. The molecule has 0 aromatic carbocycles. The highest BCUT2D eigenvalue weighted by molar-refractivity contribution is 4.92. The molecule has 0 aliphatic carbocycles. The molecule has 0 amide bonds. The lowest BCUT2D eigenvalue weighted by Gasteiger charge is -2.33. The summed E-state index contributed by atoms with van der Waals surface area (Å²) in [6.07, 6.45) is 9.75. The van der Waals surface area contributed by atoms with Crippen molar-refractivity contribution in [2.45, 2.75) is 57.4 Å². The van der Waals surface area contributed by atoms with Crippen LogP contribution in [0.1, 0.15) is 51.9 Å². The van der Waals surface area contributed by atoms with Gasteiger partial charge in [0, 0.05) is 5.54 Å². The quantitative estimate of drug-likeness (QED) is 0.766. The first kappa shape index (κ1) is 11.4.